The molecule has 2 heterocycles. The van der Waals surface area contributed by atoms with Crippen LogP contribution in [-0.4, -0.2) is 58.4 Å². The Kier molecular flexibility index (Phi) is 6.07. The molecule has 4 rings (SSSR count). The van der Waals surface area contributed by atoms with E-state index in [0.29, 0.717) is 35.8 Å². The summed E-state index contributed by atoms with van der Waals surface area (Å²) in [7, 11) is -0.387. The van der Waals surface area contributed by atoms with Gasteiger partial charge in [-0.3, -0.25) is 13.9 Å². The number of ether oxygens (including phenoxy) is 2. The van der Waals surface area contributed by atoms with Crippen LogP contribution in [-0.2, 0) is 19.6 Å². The van der Waals surface area contributed by atoms with Crippen molar-refractivity contribution in [3.05, 3.63) is 36.4 Å². The van der Waals surface area contributed by atoms with Crippen LogP contribution in [0.25, 0.3) is 0 Å². The second kappa shape index (κ2) is 8.81. The van der Waals surface area contributed by atoms with Crippen LogP contribution in [0.1, 0.15) is 12.8 Å². The minimum absolute atomic E-state index is 0.00113. The Morgan fingerprint density at radius 3 is 2.48 bits per heavy atom. The summed E-state index contributed by atoms with van der Waals surface area (Å²) in [4.78, 5) is 27.0. The molecule has 0 aliphatic carbocycles. The van der Waals surface area contributed by atoms with Gasteiger partial charge in [0, 0.05) is 31.3 Å². The highest BCUT2D eigenvalue weighted by Crippen LogP contribution is 2.35. The van der Waals surface area contributed by atoms with E-state index in [1.54, 1.807) is 18.2 Å². The van der Waals surface area contributed by atoms with E-state index in [9.17, 15) is 23.1 Å². The first-order valence-corrected chi connectivity index (χ1v) is 12.0. The lowest BCUT2D eigenvalue weighted by atomic mass is 10.1. The Morgan fingerprint density at radius 1 is 1.09 bits per heavy atom. The first-order valence-electron chi connectivity index (χ1n) is 10.4. The van der Waals surface area contributed by atoms with Crippen LogP contribution in [0.4, 0.5) is 17.1 Å². The van der Waals surface area contributed by atoms with Crippen LogP contribution < -0.4 is 24.0 Å². The smallest absolute Gasteiger partial charge is 0.235 e. The molecule has 1 unspecified atom stereocenters. The molecule has 0 radical (unpaired) electrons. The zero-order valence-corrected chi connectivity index (χ0v) is 19.1. The van der Waals surface area contributed by atoms with Gasteiger partial charge in [-0.2, -0.15) is 0 Å². The van der Waals surface area contributed by atoms with Crippen LogP contribution in [0, 0.1) is 5.92 Å². The highest BCUT2D eigenvalue weighted by Gasteiger charge is 2.36. The molecular formula is C22H25N3O7S. The molecule has 2 aliphatic rings. The number of phenols is 1. The molecule has 176 valence electrons. The summed E-state index contributed by atoms with van der Waals surface area (Å²) in [6.07, 6.45) is 0.516. The summed E-state index contributed by atoms with van der Waals surface area (Å²) >= 11 is 0. The van der Waals surface area contributed by atoms with Gasteiger partial charge in [-0.15, -0.1) is 0 Å². The number of anilines is 3. The molecule has 2 fully saturated rings. The predicted octanol–water partition coefficient (Wildman–Crippen LogP) is 1.94. The Hall–Kier alpha value is -3.47. The molecule has 10 nitrogen and oxygen atoms in total. The first kappa shape index (κ1) is 22.7. The molecule has 0 bridgehead atoms. The fourth-order valence-electron chi connectivity index (χ4n) is 4.07. The van der Waals surface area contributed by atoms with Gasteiger partial charge in [0.2, 0.25) is 21.8 Å². The molecule has 11 heteroatoms. The minimum atomic E-state index is -3.40. The number of aromatic hydroxyl groups is 1. The second-order valence-corrected chi connectivity index (χ2v) is 9.89. The second-order valence-electron chi connectivity index (χ2n) is 7.88. The highest BCUT2D eigenvalue weighted by molar-refractivity contribution is 7.93. The number of carbonyl (C=O) groups is 2. The number of nitrogens with one attached hydrogen (secondary N) is 1. The molecule has 2 saturated heterocycles. The average Bonchev–Trinajstić information content (AvgIpc) is 3.36. The zero-order chi connectivity index (χ0) is 23.8. The molecule has 2 aliphatic heterocycles. The van der Waals surface area contributed by atoms with Crippen molar-refractivity contribution >= 4 is 38.9 Å². The van der Waals surface area contributed by atoms with Crippen molar-refractivity contribution < 1.29 is 32.6 Å². The summed E-state index contributed by atoms with van der Waals surface area (Å²) in [5, 5.41) is 12.8. The molecular weight excluding hydrogens is 450 g/mol. The van der Waals surface area contributed by atoms with Gasteiger partial charge in [-0.25, -0.2) is 8.42 Å². The molecule has 2 N–H and O–H groups in total. The van der Waals surface area contributed by atoms with E-state index in [-0.39, 0.29) is 36.1 Å². The van der Waals surface area contributed by atoms with E-state index in [4.69, 9.17) is 9.47 Å². The third-order valence-electron chi connectivity index (χ3n) is 5.80. The van der Waals surface area contributed by atoms with Crippen LogP contribution >= 0.6 is 0 Å². The van der Waals surface area contributed by atoms with Crippen LogP contribution in [0.5, 0.6) is 17.2 Å². The van der Waals surface area contributed by atoms with Crippen molar-refractivity contribution in [2.75, 3.05) is 47.6 Å². The predicted molar refractivity (Wildman–Crippen MR) is 122 cm³/mol. The number of methoxy groups -OCH3 is 2. The lowest BCUT2D eigenvalue weighted by Crippen LogP contribution is -2.28. The molecule has 0 aromatic heterocycles. The van der Waals surface area contributed by atoms with Gasteiger partial charge < -0.3 is 24.8 Å². The van der Waals surface area contributed by atoms with E-state index < -0.39 is 21.8 Å². The number of phenolic OH excluding ortho intramolecular Hbond substituents is 1. The van der Waals surface area contributed by atoms with Gasteiger partial charge in [0.25, 0.3) is 0 Å². The third-order valence-corrected chi connectivity index (χ3v) is 7.67. The topological polar surface area (TPSA) is 125 Å². The van der Waals surface area contributed by atoms with Crippen molar-refractivity contribution in [2.45, 2.75) is 12.8 Å². The van der Waals surface area contributed by atoms with E-state index >= 15 is 0 Å². The summed E-state index contributed by atoms with van der Waals surface area (Å²) in [6.45, 7) is 0.499. The molecule has 2 amide bonds. The largest absolute Gasteiger partial charge is 0.506 e. The lowest BCUT2D eigenvalue weighted by Gasteiger charge is -2.20. The number of carbonyl (C=O) groups excluding carboxylic acids is 2. The van der Waals surface area contributed by atoms with Gasteiger partial charge >= 0.3 is 0 Å². The minimum Gasteiger partial charge on any atom is -0.506 e. The van der Waals surface area contributed by atoms with Gasteiger partial charge in [0.05, 0.1) is 37.3 Å². The van der Waals surface area contributed by atoms with Crippen molar-refractivity contribution in [3.63, 3.8) is 0 Å². The van der Waals surface area contributed by atoms with Crippen LogP contribution in [0.15, 0.2) is 36.4 Å². The molecule has 2 aromatic carbocycles. The normalized spacial score (nSPS) is 19.6. The SMILES string of the molecule is COc1ccc(N2CC(C(=O)Nc3cc(N4CCCS4(=O)=O)ccc3O)CC2=O)cc1OC. The fraction of sp³-hybridized carbons (Fsp3) is 0.364. The zero-order valence-electron chi connectivity index (χ0n) is 18.3. The molecule has 1 atom stereocenters. The Bertz CT molecular complexity index is 1200. The number of amides is 2. The number of hydrogen-bond donors (Lipinski definition) is 2. The monoisotopic (exact) mass is 475 g/mol. The standard InChI is InChI=1S/C22H25N3O7S/c1-31-19-7-5-15(12-20(19)32-2)24-13-14(10-21(24)27)22(28)23-17-11-16(4-6-18(17)26)25-8-3-9-33(25,29)30/h4-7,11-12,14,26H,3,8-10,13H2,1-2H3,(H,23,28). The Balaban J connectivity index is 1.50. The maximum absolute atomic E-state index is 12.9. The summed E-state index contributed by atoms with van der Waals surface area (Å²) < 4.78 is 36.2. The third kappa shape index (κ3) is 4.40. The first-order chi connectivity index (χ1) is 15.7. The van der Waals surface area contributed by atoms with Crippen molar-refractivity contribution in [1.29, 1.82) is 0 Å². The summed E-state index contributed by atoms with van der Waals surface area (Å²) in [5.41, 5.74) is 1.05. The molecule has 2 aromatic rings. The number of nitrogens with zero attached hydrogens (tertiary/aromatic N) is 2. The van der Waals surface area contributed by atoms with Gasteiger partial charge in [0.1, 0.15) is 5.75 Å². The highest BCUT2D eigenvalue weighted by atomic mass is 32.2. The maximum Gasteiger partial charge on any atom is 0.235 e. The number of sulfonamides is 1. The molecule has 33 heavy (non-hydrogen) atoms. The Labute approximate surface area is 191 Å². The van der Waals surface area contributed by atoms with Crippen molar-refractivity contribution in [1.82, 2.24) is 0 Å². The van der Waals surface area contributed by atoms with E-state index in [1.165, 1.54) is 41.6 Å². The van der Waals surface area contributed by atoms with Crippen LogP contribution in [0.3, 0.4) is 0 Å². The van der Waals surface area contributed by atoms with Crippen molar-refractivity contribution in [3.8, 4) is 17.2 Å². The van der Waals surface area contributed by atoms with Crippen LogP contribution in [0.2, 0.25) is 0 Å². The number of hydrogen-bond acceptors (Lipinski definition) is 7. The van der Waals surface area contributed by atoms with E-state index in [0.717, 1.165) is 0 Å². The average molecular weight is 476 g/mol. The Morgan fingerprint density at radius 2 is 1.82 bits per heavy atom. The number of benzene rings is 2. The lowest BCUT2D eigenvalue weighted by molar-refractivity contribution is -0.122. The van der Waals surface area contributed by atoms with Crippen molar-refractivity contribution in [2.24, 2.45) is 5.92 Å². The van der Waals surface area contributed by atoms with Gasteiger partial charge in [0.15, 0.2) is 11.5 Å². The summed E-state index contributed by atoms with van der Waals surface area (Å²) in [6, 6.07) is 9.33. The van der Waals surface area contributed by atoms with E-state index in [1.807, 2.05) is 0 Å². The fourth-order valence-corrected chi connectivity index (χ4v) is 5.63. The maximum atomic E-state index is 12.9. The van der Waals surface area contributed by atoms with E-state index in [2.05, 4.69) is 5.32 Å². The summed E-state index contributed by atoms with van der Waals surface area (Å²) in [5.74, 6) is -0.446. The van der Waals surface area contributed by atoms with Gasteiger partial charge in [-0.05, 0) is 36.8 Å². The molecule has 0 spiro atoms. The number of rotatable bonds is 6. The van der Waals surface area contributed by atoms with Gasteiger partial charge in [-0.1, -0.05) is 0 Å². The molecule has 0 saturated carbocycles. The quantitative estimate of drug-likeness (QED) is 0.612.